The molecule has 0 aromatic heterocycles. The largest absolute Gasteiger partial charge is 0.465 e. The summed E-state index contributed by atoms with van der Waals surface area (Å²) in [5.74, 6) is 0.595. The fourth-order valence-electron chi connectivity index (χ4n) is 6.33. The van der Waals surface area contributed by atoms with Gasteiger partial charge in [0.05, 0.1) is 5.54 Å². The number of halogens is 1. The van der Waals surface area contributed by atoms with Crippen LogP contribution in [0.15, 0.2) is 0 Å². The summed E-state index contributed by atoms with van der Waals surface area (Å²) in [6, 6.07) is 0.520. The number of alkyl halides is 1. The molecule has 6 nitrogen and oxygen atoms in total. The van der Waals surface area contributed by atoms with Crippen molar-refractivity contribution in [3.05, 3.63) is 0 Å². The Hall–Kier alpha value is -1.37. The van der Waals surface area contributed by atoms with Crippen LogP contribution in [0.3, 0.4) is 0 Å². The molecule has 1 unspecified atom stereocenters. The molecule has 3 atom stereocenters. The highest BCUT2D eigenvalue weighted by atomic mass is 19.1. The average molecular weight is 396 g/mol. The molecule has 0 aromatic carbocycles. The maximum absolute atomic E-state index is 13.3. The summed E-state index contributed by atoms with van der Waals surface area (Å²) in [7, 11) is 0. The molecular weight excluding hydrogens is 361 g/mol. The average Bonchev–Trinajstić information content (AvgIpc) is 3.11. The second-order valence-corrected chi connectivity index (χ2v) is 9.67. The third-order valence-electron chi connectivity index (χ3n) is 8.29. The van der Waals surface area contributed by atoms with Gasteiger partial charge in [0, 0.05) is 25.0 Å². The summed E-state index contributed by atoms with van der Waals surface area (Å²) in [6.45, 7) is 4.95. The number of carbonyl (C=O) groups is 2. The lowest BCUT2D eigenvalue weighted by atomic mass is 9.54. The molecule has 2 N–H and O–H groups in total. The van der Waals surface area contributed by atoms with Crippen LogP contribution in [0.2, 0.25) is 0 Å². The number of amides is 2. The minimum Gasteiger partial charge on any atom is -0.465 e. The van der Waals surface area contributed by atoms with Crippen LogP contribution in [0.5, 0.6) is 0 Å². The molecule has 0 radical (unpaired) electrons. The van der Waals surface area contributed by atoms with Gasteiger partial charge in [0.1, 0.15) is 6.67 Å². The van der Waals surface area contributed by atoms with Gasteiger partial charge in [0.15, 0.2) is 0 Å². The normalized spacial score (nSPS) is 35.4. The van der Waals surface area contributed by atoms with E-state index in [1.807, 2.05) is 0 Å². The first-order valence-electron chi connectivity index (χ1n) is 11.0. The van der Waals surface area contributed by atoms with Gasteiger partial charge in [-0.25, -0.2) is 9.18 Å². The highest BCUT2D eigenvalue weighted by molar-refractivity contribution is 5.79. The van der Waals surface area contributed by atoms with E-state index < -0.39 is 18.3 Å². The number of nitrogens with one attached hydrogen (secondary N) is 1. The van der Waals surface area contributed by atoms with Crippen LogP contribution in [0.4, 0.5) is 9.18 Å². The number of carboxylic acid groups (broad SMARTS) is 1. The summed E-state index contributed by atoms with van der Waals surface area (Å²) < 4.78 is 13.3. The molecule has 2 heterocycles. The number of likely N-dealkylation sites (tertiary alicyclic amines) is 2. The summed E-state index contributed by atoms with van der Waals surface area (Å²) in [5.41, 5.74) is -0.399. The van der Waals surface area contributed by atoms with E-state index in [1.54, 1.807) is 4.90 Å². The molecule has 28 heavy (non-hydrogen) atoms. The summed E-state index contributed by atoms with van der Waals surface area (Å²) in [4.78, 5) is 28.0. The van der Waals surface area contributed by atoms with Crippen LogP contribution >= 0.6 is 0 Å². The molecule has 4 rings (SSSR count). The Morgan fingerprint density at radius 3 is 2.39 bits per heavy atom. The van der Waals surface area contributed by atoms with E-state index in [2.05, 4.69) is 17.1 Å². The maximum atomic E-state index is 13.3. The SMILES string of the molecule is CCC1[C@@H](N2CCC(C(=O)NC3(CF)CCC3)CC2)C[C@]12CCN(C(=O)O)C2. The van der Waals surface area contributed by atoms with Gasteiger partial charge in [-0.2, -0.15) is 0 Å². The van der Waals surface area contributed by atoms with Crippen LogP contribution in [0.1, 0.15) is 58.3 Å². The van der Waals surface area contributed by atoms with Crippen molar-refractivity contribution >= 4 is 12.0 Å². The van der Waals surface area contributed by atoms with Gasteiger partial charge >= 0.3 is 6.09 Å². The monoisotopic (exact) mass is 395 g/mol. The van der Waals surface area contributed by atoms with Gasteiger partial charge in [0.25, 0.3) is 0 Å². The van der Waals surface area contributed by atoms with E-state index in [-0.39, 0.29) is 17.2 Å². The first-order valence-corrected chi connectivity index (χ1v) is 11.0. The molecule has 7 heteroatoms. The Morgan fingerprint density at radius 1 is 1.18 bits per heavy atom. The molecule has 0 aromatic rings. The smallest absolute Gasteiger partial charge is 0.407 e. The third kappa shape index (κ3) is 3.29. The lowest BCUT2D eigenvalue weighted by Crippen LogP contribution is -2.62. The Kier molecular flexibility index (Phi) is 5.31. The Bertz CT molecular complexity index is 613. The van der Waals surface area contributed by atoms with Gasteiger partial charge in [-0.05, 0) is 69.4 Å². The first-order chi connectivity index (χ1) is 13.4. The molecule has 2 aliphatic heterocycles. The zero-order valence-corrected chi connectivity index (χ0v) is 17.0. The van der Waals surface area contributed by atoms with Crippen molar-refractivity contribution < 1.29 is 19.1 Å². The minimum absolute atomic E-state index is 0.00312. The van der Waals surface area contributed by atoms with Crippen molar-refractivity contribution in [2.75, 3.05) is 32.9 Å². The van der Waals surface area contributed by atoms with Crippen molar-refractivity contribution in [2.45, 2.75) is 69.9 Å². The molecule has 4 aliphatic rings. The van der Waals surface area contributed by atoms with Crippen LogP contribution in [-0.4, -0.2) is 71.3 Å². The minimum atomic E-state index is -0.792. The third-order valence-corrected chi connectivity index (χ3v) is 8.29. The highest BCUT2D eigenvalue weighted by Crippen LogP contribution is 2.56. The molecular formula is C21H34FN3O3. The van der Waals surface area contributed by atoms with Crippen molar-refractivity contribution in [3.8, 4) is 0 Å². The van der Waals surface area contributed by atoms with Crippen LogP contribution in [0.25, 0.3) is 0 Å². The van der Waals surface area contributed by atoms with Gasteiger partial charge in [-0.1, -0.05) is 13.3 Å². The molecule has 2 amide bonds. The maximum Gasteiger partial charge on any atom is 0.407 e. The number of nitrogens with zero attached hydrogens (tertiary/aromatic N) is 2. The highest BCUT2D eigenvalue weighted by Gasteiger charge is 2.58. The molecule has 2 saturated carbocycles. The van der Waals surface area contributed by atoms with Crippen molar-refractivity contribution in [1.82, 2.24) is 15.1 Å². The number of hydrogen-bond acceptors (Lipinski definition) is 3. The van der Waals surface area contributed by atoms with Gasteiger partial charge in [0.2, 0.25) is 5.91 Å². The topological polar surface area (TPSA) is 72.9 Å². The van der Waals surface area contributed by atoms with Crippen LogP contribution in [-0.2, 0) is 4.79 Å². The summed E-state index contributed by atoms with van der Waals surface area (Å²) in [6.07, 6.45) is 6.58. The standard InChI is InChI=1S/C21H34FN3O3/c1-2-16-17(12-20(16)8-11-25(14-20)19(27)28)24-9-4-15(5-10-24)18(26)23-21(13-22)6-3-7-21/h15-17H,2-14H2,1H3,(H,23,26)(H,27,28)/t16?,17-,20-/m0/s1. The lowest BCUT2D eigenvalue weighted by Gasteiger charge is -2.58. The molecule has 1 spiro atoms. The fourth-order valence-corrected chi connectivity index (χ4v) is 6.33. The van der Waals surface area contributed by atoms with E-state index >= 15 is 0 Å². The zero-order valence-electron chi connectivity index (χ0n) is 17.0. The van der Waals surface area contributed by atoms with Gasteiger partial charge in [-0.3, -0.25) is 4.79 Å². The van der Waals surface area contributed by atoms with E-state index in [4.69, 9.17) is 0 Å². The molecule has 2 aliphatic carbocycles. The van der Waals surface area contributed by atoms with Gasteiger partial charge in [-0.15, -0.1) is 0 Å². The van der Waals surface area contributed by atoms with Crippen molar-refractivity contribution in [3.63, 3.8) is 0 Å². The number of piperidine rings is 1. The molecule has 158 valence electrons. The van der Waals surface area contributed by atoms with E-state index in [0.29, 0.717) is 25.0 Å². The predicted molar refractivity (Wildman–Crippen MR) is 104 cm³/mol. The Balaban J connectivity index is 1.29. The zero-order chi connectivity index (χ0) is 19.9. The fraction of sp³-hybridized carbons (Fsp3) is 0.905. The predicted octanol–water partition coefficient (Wildman–Crippen LogP) is 2.88. The Labute approximate surface area is 166 Å². The molecule has 2 saturated heterocycles. The summed E-state index contributed by atoms with van der Waals surface area (Å²) in [5, 5.41) is 12.3. The molecule has 0 bridgehead atoms. The van der Waals surface area contributed by atoms with Crippen LogP contribution in [0, 0.1) is 17.3 Å². The second-order valence-electron chi connectivity index (χ2n) is 9.67. The van der Waals surface area contributed by atoms with E-state index in [9.17, 15) is 19.1 Å². The number of hydrogen-bond donors (Lipinski definition) is 2. The van der Waals surface area contributed by atoms with E-state index in [1.165, 1.54) is 0 Å². The number of carbonyl (C=O) groups excluding carboxylic acids is 1. The first kappa shape index (κ1) is 19.9. The van der Waals surface area contributed by atoms with Crippen molar-refractivity contribution in [2.24, 2.45) is 17.3 Å². The van der Waals surface area contributed by atoms with Crippen LogP contribution < -0.4 is 5.32 Å². The second kappa shape index (κ2) is 7.47. The number of rotatable bonds is 5. The van der Waals surface area contributed by atoms with Crippen molar-refractivity contribution in [1.29, 1.82) is 0 Å². The van der Waals surface area contributed by atoms with Gasteiger partial charge < -0.3 is 20.2 Å². The lowest BCUT2D eigenvalue weighted by molar-refractivity contribution is -0.132. The Morgan fingerprint density at radius 2 is 1.89 bits per heavy atom. The molecule has 4 fully saturated rings. The van der Waals surface area contributed by atoms with E-state index in [0.717, 1.165) is 64.5 Å². The summed E-state index contributed by atoms with van der Waals surface area (Å²) >= 11 is 0. The quantitative estimate of drug-likeness (QED) is 0.751.